The lowest BCUT2D eigenvalue weighted by Gasteiger charge is -2.31. The highest BCUT2D eigenvalue weighted by molar-refractivity contribution is 7.99. The molecule has 0 aliphatic carbocycles. The largest absolute Gasteiger partial charge is 0.480 e. The lowest BCUT2D eigenvalue weighted by Crippen LogP contribution is -2.51. The smallest absolute Gasteiger partial charge is 0.321 e. The van der Waals surface area contributed by atoms with Gasteiger partial charge in [-0.1, -0.05) is 13.8 Å². The van der Waals surface area contributed by atoms with Crippen LogP contribution in [0.4, 0.5) is 0 Å². The van der Waals surface area contributed by atoms with Crippen molar-refractivity contribution in [2.45, 2.75) is 26.3 Å². The van der Waals surface area contributed by atoms with E-state index in [1.165, 1.54) is 0 Å². The average Bonchev–Trinajstić information content (AvgIpc) is 2.28. The van der Waals surface area contributed by atoms with E-state index in [4.69, 9.17) is 5.11 Å². The molecule has 0 aromatic rings. The second-order valence-corrected chi connectivity index (χ2v) is 6.08. The molecule has 0 aromatic heterocycles. The van der Waals surface area contributed by atoms with Gasteiger partial charge in [-0.2, -0.15) is 11.8 Å². The van der Waals surface area contributed by atoms with Crippen molar-refractivity contribution in [1.29, 1.82) is 0 Å². The molecule has 0 aromatic carbocycles. The van der Waals surface area contributed by atoms with Crippen molar-refractivity contribution in [2.24, 2.45) is 5.92 Å². The van der Waals surface area contributed by atoms with Gasteiger partial charge in [-0.3, -0.25) is 14.5 Å². The van der Waals surface area contributed by atoms with E-state index in [0.29, 0.717) is 24.8 Å². The number of carbonyl (C=O) groups excluding carboxylic acids is 1. The molecule has 0 saturated carbocycles. The molecule has 1 amide bonds. The van der Waals surface area contributed by atoms with Crippen molar-refractivity contribution in [3.63, 3.8) is 0 Å². The maximum absolute atomic E-state index is 11.7. The van der Waals surface area contributed by atoms with Gasteiger partial charge in [0.05, 0.1) is 6.54 Å². The highest BCUT2D eigenvalue weighted by Gasteiger charge is 2.29. The first-order valence-electron chi connectivity index (χ1n) is 6.32. The molecule has 1 heterocycles. The van der Waals surface area contributed by atoms with Gasteiger partial charge in [-0.05, 0) is 12.3 Å². The van der Waals surface area contributed by atoms with Gasteiger partial charge in [0, 0.05) is 24.6 Å². The van der Waals surface area contributed by atoms with E-state index in [9.17, 15) is 9.59 Å². The van der Waals surface area contributed by atoms with Crippen LogP contribution in [0, 0.1) is 5.92 Å². The van der Waals surface area contributed by atoms with Gasteiger partial charge in [0.15, 0.2) is 0 Å². The Balaban J connectivity index is 2.34. The zero-order valence-corrected chi connectivity index (χ0v) is 11.8. The molecule has 0 radical (unpaired) electrons. The molecule has 5 nitrogen and oxygen atoms in total. The number of rotatable bonds is 6. The molecule has 1 fully saturated rings. The normalized spacial score (nSPS) is 20.9. The number of carboxylic acid groups (broad SMARTS) is 1. The van der Waals surface area contributed by atoms with Crippen LogP contribution in [0.2, 0.25) is 0 Å². The molecular formula is C12H22N2O3S. The van der Waals surface area contributed by atoms with Gasteiger partial charge in [0.25, 0.3) is 0 Å². The van der Waals surface area contributed by atoms with Crippen molar-refractivity contribution < 1.29 is 14.7 Å². The monoisotopic (exact) mass is 274 g/mol. The van der Waals surface area contributed by atoms with Gasteiger partial charge >= 0.3 is 5.97 Å². The Morgan fingerprint density at radius 1 is 1.50 bits per heavy atom. The maximum atomic E-state index is 11.7. The molecule has 1 aliphatic rings. The summed E-state index contributed by atoms with van der Waals surface area (Å²) in [6.07, 6.45) is 0.948. The fraction of sp³-hybridized carbons (Fsp3) is 0.833. The van der Waals surface area contributed by atoms with Crippen molar-refractivity contribution in [3.05, 3.63) is 0 Å². The summed E-state index contributed by atoms with van der Waals surface area (Å²) in [5.74, 6) is 1.10. The minimum atomic E-state index is -0.836. The second-order valence-electron chi connectivity index (χ2n) is 4.93. The van der Waals surface area contributed by atoms with Gasteiger partial charge < -0.3 is 10.4 Å². The number of nitrogens with zero attached hydrogens (tertiary/aromatic N) is 1. The number of carboxylic acids is 1. The minimum absolute atomic E-state index is 0.0752. The number of aliphatic carboxylic acids is 1. The number of thioether (sulfide) groups is 1. The van der Waals surface area contributed by atoms with Gasteiger partial charge in [-0.15, -0.1) is 0 Å². The summed E-state index contributed by atoms with van der Waals surface area (Å²) >= 11 is 1.63. The maximum Gasteiger partial charge on any atom is 0.321 e. The first-order chi connectivity index (χ1) is 8.50. The Morgan fingerprint density at radius 3 is 2.83 bits per heavy atom. The van der Waals surface area contributed by atoms with Crippen LogP contribution in [-0.2, 0) is 9.59 Å². The Labute approximate surface area is 112 Å². The van der Waals surface area contributed by atoms with Crippen molar-refractivity contribution in [3.8, 4) is 0 Å². The van der Waals surface area contributed by atoms with E-state index in [1.807, 2.05) is 0 Å². The van der Waals surface area contributed by atoms with Gasteiger partial charge in [0.2, 0.25) is 5.91 Å². The fourth-order valence-corrected chi connectivity index (χ4v) is 2.90. The predicted molar refractivity (Wildman–Crippen MR) is 72.8 cm³/mol. The number of hydrogen-bond donors (Lipinski definition) is 2. The number of amides is 1. The van der Waals surface area contributed by atoms with E-state index in [-0.39, 0.29) is 12.5 Å². The molecule has 1 atom stereocenters. The van der Waals surface area contributed by atoms with Crippen LogP contribution in [-0.4, -0.2) is 59.1 Å². The molecule has 1 aliphatic heterocycles. The van der Waals surface area contributed by atoms with Crippen molar-refractivity contribution in [1.82, 2.24) is 10.2 Å². The van der Waals surface area contributed by atoms with Crippen molar-refractivity contribution >= 4 is 23.6 Å². The Kier molecular flexibility index (Phi) is 6.49. The first kappa shape index (κ1) is 15.3. The minimum Gasteiger partial charge on any atom is -0.480 e. The predicted octanol–water partition coefficient (Wildman–Crippen LogP) is 0.651. The van der Waals surface area contributed by atoms with E-state index < -0.39 is 12.0 Å². The SMILES string of the molecule is CC(C)CCNC(=O)CN1CCSCC1C(=O)O. The molecule has 2 N–H and O–H groups in total. The third-order valence-corrected chi connectivity index (χ3v) is 3.94. The summed E-state index contributed by atoms with van der Waals surface area (Å²) in [4.78, 5) is 24.5. The summed E-state index contributed by atoms with van der Waals surface area (Å²) in [5, 5.41) is 11.9. The zero-order chi connectivity index (χ0) is 13.5. The molecule has 0 bridgehead atoms. The Bertz CT molecular complexity index is 297. The van der Waals surface area contributed by atoms with E-state index in [1.54, 1.807) is 16.7 Å². The molecule has 1 rings (SSSR count). The van der Waals surface area contributed by atoms with Crippen LogP contribution in [0.3, 0.4) is 0 Å². The average molecular weight is 274 g/mol. The van der Waals surface area contributed by atoms with Crippen LogP contribution >= 0.6 is 11.8 Å². The van der Waals surface area contributed by atoms with E-state index >= 15 is 0 Å². The quantitative estimate of drug-likeness (QED) is 0.744. The summed E-state index contributed by atoms with van der Waals surface area (Å²) in [5.41, 5.74) is 0. The van der Waals surface area contributed by atoms with Crippen LogP contribution < -0.4 is 5.32 Å². The van der Waals surface area contributed by atoms with E-state index in [2.05, 4.69) is 19.2 Å². The molecule has 104 valence electrons. The van der Waals surface area contributed by atoms with Crippen LogP contribution in [0.15, 0.2) is 0 Å². The summed E-state index contributed by atoms with van der Waals surface area (Å²) in [7, 11) is 0. The number of nitrogens with one attached hydrogen (secondary N) is 1. The van der Waals surface area contributed by atoms with Crippen molar-refractivity contribution in [2.75, 3.05) is 31.1 Å². The topological polar surface area (TPSA) is 69.6 Å². The Morgan fingerprint density at radius 2 is 2.22 bits per heavy atom. The molecule has 6 heteroatoms. The number of carbonyl (C=O) groups is 2. The fourth-order valence-electron chi connectivity index (χ4n) is 1.80. The number of hydrogen-bond acceptors (Lipinski definition) is 4. The summed E-state index contributed by atoms with van der Waals surface area (Å²) in [6.45, 7) is 5.73. The summed E-state index contributed by atoms with van der Waals surface area (Å²) < 4.78 is 0. The van der Waals surface area contributed by atoms with Gasteiger partial charge in [0.1, 0.15) is 6.04 Å². The van der Waals surface area contributed by atoms with Gasteiger partial charge in [-0.25, -0.2) is 0 Å². The highest BCUT2D eigenvalue weighted by Crippen LogP contribution is 2.16. The molecular weight excluding hydrogens is 252 g/mol. The van der Waals surface area contributed by atoms with Crippen LogP contribution in [0.25, 0.3) is 0 Å². The third-order valence-electron chi connectivity index (χ3n) is 2.91. The van der Waals surface area contributed by atoms with Crippen LogP contribution in [0.1, 0.15) is 20.3 Å². The Hall–Kier alpha value is -0.750. The molecule has 1 saturated heterocycles. The van der Waals surface area contributed by atoms with Crippen LogP contribution in [0.5, 0.6) is 0 Å². The van der Waals surface area contributed by atoms with E-state index in [0.717, 1.165) is 12.2 Å². The molecule has 1 unspecified atom stereocenters. The lowest BCUT2D eigenvalue weighted by molar-refractivity contribution is -0.143. The third kappa shape index (κ3) is 5.27. The highest BCUT2D eigenvalue weighted by atomic mass is 32.2. The summed E-state index contributed by atoms with van der Waals surface area (Å²) in [6, 6.07) is -0.528. The standard InChI is InChI=1S/C12H22N2O3S/c1-9(2)3-4-13-11(15)7-14-5-6-18-8-10(14)12(16)17/h9-10H,3-8H2,1-2H3,(H,13,15)(H,16,17). The molecule has 0 spiro atoms. The first-order valence-corrected chi connectivity index (χ1v) is 7.47. The molecule has 18 heavy (non-hydrogen) atoms. The lowest BCUT2D eigenvalue weighted by atomic mass is 10.1. The second kappa shape index (κ2) is 7.63. The zero-order valence-electron chi connectivity index (χ0n) is 11.0.